The van der Waals surface area contributed by atoms with Gasteiger partial charge in [0.2, 0.25) is 0 Å². The summed E-state index contributed by atoms with van der Waals surface area (Å²) in [6, 6.07) is 10.6. The molecule has 1 atom stereocenters. The van der Waals surface area contributed by atoms with Crippen LogP contribution in [0.5, 0.6) is 0 Å². The zero-order valence-corrected chi connectivity index (χ0v) is 11.4. The number of nitrogens with two attached hydrogens (primary N) is 1. The third kappa shape index (κ3) is 3.38. The first-order valence-corrected chi connectivity index (χ1v) is 7.03. The first-order chi connectivity index (χ1) is 8.81. The van der Waals surface area contributed by atoms with E-state index in [1.54, 1.807) is 11.3 Å². The van der Waals surface area contributed by atoms with E-state index in [0.29, 0.717) is 12.6 Å². The van der Waals surface area contributed by atoms with Crippen LogP contribution in [-0.4, -0.2) is 30.0 Å². The fraction of sp³-hybridized carbons (Fsp3) is 0.357. The summed E-state index contributed by atoms with van der Waals surface area (Å²) in [6.45, 7) is 1.62. The van der Waals surface area contributed by atoms with Gasteiger partial charge < -0.3 is 5.73 Å². The van der Waals surface area contributed by atoms with Crippen LogP contribution in [0.25, 0.3) is 0 Å². The topological polar surface area (TPSA) is 42.2 Å². The molecular weight excluding hydrogens is 242 g/mol. The Hall–Kier alpha value is -1.23. The minimum absolute atomic E-state index is 0.314. The molecule has 18 heavy (non-hydrogen) atoms. The van der Waals surface area contributed by atoms with Gasteiger partial charge >= 0.3 is 0 Å². The number of hydrogen-bond acceptors (Lipinski definition) is 4. The Balaban J connectivity index is 1.92. The van der Waals surface area contributed by atoms with E-state index in [4.69, 9.17) is 5.73 Å². The van der Waals surface area contributed by atoms with Crippen molar-refractivity contribution in [3.05, 3.63) is 52.5 Å². The molecule has 2 aromatic heterocycles. The molecule has 2 aromatic rings. The van der Waals surface area contributed by atoms with Crippen LogP contribution in [0.15, 0.2) is 41.9 Å². The van der Waals surface area contributed by atoms with Crippen LogP contribution in [0.3, 0.4) is 0 Å². The molecule has 96 valence electrons. The van der Waals surface area contributed by atoms with E-state index >= 15 is 0 Å². The number of aromatic nitrogens is 1. The van der Waals surface area contributed by atoms with Gasteiger partial charge in [0, 0.05) is 36.3 Å². The number of hydrogen-bond donors (Lipinski definition) is 1. The normalized spacial score (nSPS) is 12.8. The Bertz CT molecular complexity index is 441. The van der Waals surface area contributed by atoms with Crippen LogP contribution in [0, 0.1) is 0 Å². The van der Waals surface area contributed by atoms with Gasteiger partial charge in [0.15, 0.2) is 0 Å². The minimum atomic E-state index is 0.314. The van der Waals surface area contributed by atoms with Gasteiger partial charge in [0.25, 0.3) is 0 Å². The highest BCUT2D eigenvalue weighted by atomic mass is 32.1. The highest BCUT2D eigenvalue weighted by Crippen LogP contribution is 2.22. The van der Waals surface area contributed by atoms with Gasteiger partial charge in [0.05, 0.1) is 6.04 Å². The maximum atomic E-state index is 5.88. The molecule has 4 heteroatoms. The SMILES string of the molecule is CN(CCc1ccccn1)C(CN)c1cccs1. The molecule has 0 aliphatic heterocycles. The van der Waals surface area contributed by atoms with E-state index in [9.17, 15) is 0 Å². The smallest absolute Gasteiger partial charge is 0.0561 e. The molecule has 2 N–H and O–H groups in total. The lowest BCUT2D eigenvalue weighted by atomic mass is 10.2. The third-order valence-corrected chi connectivity index (χ3v) is 4.05. The average Bonchev–Trinajstić information content (AvgIpc) is 2.92. The number of rotatable bonds is 6. The number of pyridine rings is 1. The first kappa shape index (κ1) is 13.2. The second-order valence-electron chi connectivity index (χ2n) is 4.32. The molecule has 0 bridgehead atoms. The molecule has 0 fully saturated rings. The molecule has 0 saturated carbocycles. The minimum Gasteiger partial charge on any atom is -0.329 e. The van der Waals surface area contributed by atoms with Gasteiger partial charge in [-0.1, -0.05) is 12.1 Å². The van der Waals surface area contributed by atoms with Gasteiger partial charge in [0.1, 0.15) is 0 Å². The number of likely N-dealkylation sites (N-methyl/N-ethyl adjacent to an activating group) is 1. The summed E-state index contributed by atoms with van der Waals surface area (Å²) in [4.78, 5) is 7.98. The zero-order chi connectivity index (χ0) is 12.8. The first-order valence-electron chi connectivity index (χ1n) is 6.15. The number of thiophene rings is 1. The van der Waals surface area contributed by atoms with Gasteiger partial charge in [-0.2, -0.15) is 0 Å². The summed E-state index contributed by atoms with van der Waals surface area (Å²) in [6.07, 6.45) is 2.80. The van der Waals surface area contributed by atoms with E-state index in [1.165, 1.54) is 4.88 Å². The van der Waals surface area contributed by atoms with Crippen LogP contribution in [0.4, 0.5) is 0 Å². The molecule has 2 rings (SSSR count). The van der Waals surface area contributed by atoms with Gasteiger partial charge in [-0.15, -0.1) is 11.3 Å². The van der Waals surface area contributed by atoms with Crippen molar-refractivity contribution in [2.24, 2.45) is 5.73 Å². The summed E-state index contributed by atoms with van der Waals surface area (Å²) >= 11 is 1.77. The Morgan fingerprint density at radius 3 is 2.83 bits per heavy atom. The van der Waals surface area contributed by atoms with Crippen LogP contribution in [0.2, 0.25) is 0 Å². The van der Waals surface area contributed by atoms with Crippen molar-refractivity contribution in [3.63, 3.8) is 0 Å². The maximum Gasteiger partial charge on any atom is 0.0561 e. The third-order valence-electron chi connectivity index (χ3n) is 3.07. The molecular formula is C14H19N3S. The standard InChI is InChI=1S/C14H19N3S/c1-17(9-7-12-5-2-3-8-16-12)13(11-15)14-6-4-10-18-14/h2-6,8,10,13H,7,9,11,15H2,1H3. The van der Waals surface area contributed by atoms with Crippen molar-refractivity contribution in [1.29, 1.82) is 0 Å². The lowest BCUT2D eigenvalue weighted by molar-refractivity contribution is 0.256. The van der Waals surface area contributed by atoms with Crippen molar-refractivity contribution in [2.45, 2.75) is 12.5 Å². The summed E-state index contributed by atoms with van der Waals surface area (Å²) < 4.78 is 0. The second kappa shape index (κ2) is 6.64. The van der Waals surface area contributed by atoms with E-state index in [2.05, 4.69) is 40.5 Å². The molecule has 0 saturated heterocycles. The molecule has 0 amide bonds. The predicted octanol–water partition coefficient (Wildman–Crippen LogP) is 2.32. The molecule has 0 radical (unpaired) electrons. The van der Waals surface area contributed by atoms with Gasteiger partial charge in [-0.05, 0) is 30.6 Å². The molecule has 0 aliphatic carbocycles. The molecule has 0 aromatic carbocycles. The Kier molecular flexibility index (Phi) is 4.87. The largest absolute Gasteiger partial charge is 0.329 e. The zero-order valence-electron chi connectivity index (χ0n) is 10.6. The highest BCUT2D eigenvalue weighted by molar-refractivity contribution is 7.10. The van der Waals surface area contributed by atoms with Crippen molar-refractivity contribution in [3.8, 4) is 0 Å². The van der Waals surface area contributed by atoms with Crippen LogP contribution in [-0.2, 0) is 6.42 Å². The van der Waals surface area contributed by atoms with Crippen molar-refractivity contribution in [1.82, 2.24) is 9.88 Å². The Morgan fingerprint density at radius 2 is 2.22 bits per heavy atom. The molecule has 0 aliphatic rings. The maximum absolute atomic E-state index is 5.88. The monoisotopic (exact) mass is 261 g/mol. The average molecular weight is 261 g/mol. The van der Waals surface area contributed by atoms with E-state index < -0.39 is 0 Å². The fourth-order valence-electron chi connectivity index (χ4n) is 1.99. The van der Waals surface area contributed by atoms with E-state index in [1.807, 2.05) is 18.3 Å². The summed E-state index contributed by atoms with van der Waals surface area (Å²) in [5.41, 5.74) is 7.01. The lowest BCUT2D eigenvalue weighted by Crippen LogP contribution is -2.31. The van der Waals surface area contributed by atoms with Crippen molar-refractivity contribution < 1.29 is 0 Å². The fourth-order valence-corrected chi connectivity index (χ4v) is 2.89. The summed E-state index contributed by atoms with van der Waals surface area (Å²) in [5, 5.41) is 2.10. The van der Waals surface area contributed by atoms with E-state index in [0.717, 1.165) is 18.7 Å². The van der Waals surface area contributed by atoms with Gasteiger partial charge in [-0.3, -0.25) is 9.88 Å². The predicted molar refractivity (Wildman–Crippen MR) is 76.7 cm³/mol. The summed E-state index contributed by atoms with van der Waals surface area (Å²) in [7, 11) is 2.13. The van der Waals surface area contributed by atoms with Crippen molar-refractivity contribution >= 4 is 11.3 Å². The second-order valence-corrected chi connectivity index (χ2v) is 5.30. The molecule has 1 unspecified atom stereocenters. The summed E-state index contributed by atoms with van der Waals surface area (Å²) in [5.74, 6) is 0. The van der Waals surface area contributed by atoms with E-state index in [-0.39, 0.29) is 0 Å². The molecule has 0 spiro atoms. The van der Waals surface area contributed by atoms with Crippen LogP contribution < -0.4 is 5.73 Å². The van der Waals surface area contributed by atoms with Crippen molar-refractivity contribution in [2.75, 3.05) is 20.1 Å². The number of nitrogens with zero attached hydrogens (tertiary/aromatic N) is 2. The lowest BCUT2D eigenvalue weighted by Gasteiger charge is -2.25. The Labute approximate surface area is 112 Å². The van der Waals surface area contributed by atoms with Gasteiger partial charge in [-0.25, -0.2) is 0 Å². The van der Waals surface area contributed by atoms with Crippen LogP contribution in [0.1, 0.15) is 16.6 Å². The highest BCUT2D eigenvalue weighted by Gasteiger charge is 2.15. The Morgan fingerprint density at radius 1 is 1.33 bits per heavy atom. The molecule has 3 nitrogen and oxygen atoms in total. The quantitative estimate of drug-likeness (QED) is 0.867. The van der Waals surface area contributed by atoms with Crippen LogP contribution >= 0.6 is 11.3 Å². The molecule has 2 heterocycles.